The van der Waals surface area contributed by atoms with Gasteiger partial charge in [-0.3, -0.25) is 9.59 Å². The summed E-state index contributed by atoms with van der Waals surface area (Å²) in [4.78, 5) is 29.7. The van der Waals surface area contributed by atoms with Gasteiger partial charge in [0.1, 0.15) is 6.54 Å². The van der Waals surface area contributed by atoms with Crippen LogP contribution in [0.1, 0.15) is 19.8 Å². The maximum atomic E-state index is 12.9. The average molecular weight is 470 g/mol. The molecule has 12 heteroatoms. The van der Waals surface area contributed by atoms with Gasteiger partial charge in [-0.25, -0.2) is 12.7 Å². The van der Waals surface area contributed by atoms with Crippen molar-refractivity contribution in [3.05, 3.63) is 16.9 Å². The van der Waals surface area contributed by atoms with Crippen molar-refractivity contribution in [1.29, 1.82) is 0 Å². The predicted molar refractivity (Wildman–Crippen MR) is 112 cm³/mol. The van der Waals surface area contributed by atoms with Crippen LogP contribution in [-0.4, -0.2) is 61.9 Å². The number of hydrogen-bond donors (Lipinski definition) is 0. The van der Waals surface area contributed by atoms with Crippen molar-refractivity contribution in [2.75, 3.05) is 32.7 Å². The lowest BCUT2D eigenvalue weighted by atomic mass is 9.98. The summed E-state index contributed by atoms with van der Waals surface area (Å²) in [6, 6.07) is 3.57. The first-order valence-electron chi connectivity index (χ1n) is 9.88. The smallest absolute Gasteiger partial charge is 0.326 e. The Morgan fingerprint density at radius 2 is 1.90 bits per heavy atom. The summed E-state index contributed by atoms with van der Waals surface area (Å²) >= 11 is 1.27. The molecule has 1 saturated heterocycles. The van der Waals surface area contributed by atoms with Crippen LogP contribution < -0.4 is 14.3 Å². The molecule has 168 valence electrons. The van der Waals surface area contributed by atoms with E-state index in [0.717, 1.165) is 4.70 Å². The van der Waals surface area contributed by atoms with E-state index in [2.05, 4.69) is 4.99 Å². The molecule has 0 spiro atoms. The van der Waals surface area contributed by atoms with E-state index in [1.807, 2.05) is 0 Å². The molecule has 2 aliphatic rings. The van der Waals surface area contributed by atoms with Gasteiger partial charge in [-0.05, 0) is 19.8 Å². The van der Waals surface area contributed by atoms with Crippen LogP contribution in [0.25, 0.3) is 10.2 Å². The highest BCUT2D eigenvalue weighted by Gasteiger charge is 2.29. The van der Waals surface area contributed by atoms with E-state index in [0.29, 0.717) is 47.7 Å². The third kappa shape index (κ3) is 4.60. The largest absolute Gasteiger partial charge is 0.465 e. The van der Waals surface area contributed by atoms with Crippen LogP contribution in [0.4, 0.5) is 0 Å². The van der Waals surface area contributed by atoms with Crippen molar-refractivity contribution < 1.29 is 32.2 Å². The number of carbonyl (C=O) groups excluding carboxylic acids is 2. The monoisotopic (exact) mass is 469 g/mol. The Morgan fingerprint density at radius 3 is 2.55 bits per heavy atom. The number of amides is 1. The number of thiazole rings is 1. The van der Waals surface area contributed by atoms with Crippen LogP contribution in [0, 0.1) is 5.92 Å². The normalized spacial score (nSPS) is 17.9. The molecule has 1 aromatic carbocycles. The van der Waals surface area contributed by atoms with Gasteiger partial charge in [-0.2, -0.15) is 4.99 Å². The fraction of sp³-hybridized carbons (Fsp3) is 0.526. The number of fused-ring (bicyclic) bond motifs is 2. The first-order chi connectivity index (χ1) is 14.8. The molecule has 2 aromatic rings. The summed E-state index contributed by atoms with van der Waals surface area (Å²) in [5.41, 5.74) is 0.695. The number of aromatic nitrogens is 1. The molecule has 0 saturated carbocycles. The lowest BCUT2D eigenvalue weighted by molar-refractivity contribution is -0.143. The summed E-state index contributed by atoms with van der Waals surface area (Å²) in [5, 5.41) is 0. The first-order valence-corrected chi connectivity index (χ1v) is 12.5. The number of piperidine rings is 1. The predicted octanol–water partition coefficient (Wildman–Crippen LogP) is 1.09. The number of benzene rings is 1. The third-order valence-corrected chi connectivity index (χ3v) is 7.59. The second-order valence-corrected chi connectivity index (χ2v) is 10.3. The SMILES string of the molecule is CCOC(=O)Cn1c(=NC(=O)C2CCN(S(C)(=O)=O)CC2)sc2cc3c(cc21)OCO3. The van der Waals surface area contributed by atoms with Gasteiger partial charge in [0.15, 0.2) is 16.3 Å². The highest BCUT2D eigenvalue weighted by Crippen LogP contribution is 2.37. The standard InChI is InChI=1S/C19H23N3O7S2/c1-3-27-17(23)10-22-13-8-14-15(29-11-28-14)9-16(13)30-19(22)20-18(24)12-4-6-21(7-5-12)31(2,25)26/h8-9,12H,3-7,10-11H2,1-2H3. The Labute approximate surface area is 183 Å². The number of ether oxygens (including phenoxy) is 3. The molecular weight excluding hydrogens is 446 g/mol. The molecule has 0 N–H and O–H groups in total. The van der Waals surface area contributed by atoms with Crippen molar-refractivity contribution in [2.45, 2.75) is 26.3 Å². The second kappa shape index (κ2) is 8.60. The lowest BCUT2D eigenvalue weighted by Crippen LogP contribution is -2.39. The van der Waals surface area contributed by atoms with Gasteiger partial charge < -0.3 is 18.8 Å². The van der Waals surface area contributed by atoms with E-state index in [1.54, 1.807) is 23.6 Å². The molecule has 1 fully saturated rings. The third-order valence-electron chi connectivity index (χ3n) is 5.25. The zero-order chi connectivity index (χ0) is 22.2. The van der Waals surface area contributed by atoms with Crippen LogP contribution in [0.5, 0.6) is 11.5 Å². The Bertz CT molecular complexity index is 1190. The molecular formula is C19H23N3O7S2. The number of nitrogens with zero attached hydrogens (tertiary/aromatic N) is 3. The Hall–Kier alpha value is -2.44. The summed E-state index contributed by atoms with van der Waals surface area (Å²) in [5.74, 6) is 0.0421. The molecule has 3 heterocycles. The number of carbonyl (C=O) groups is 2. The van der Waals surface area contributed by atoms with Gasteiger partial charge in [0.2, 0.25) is 16.8 Å². The summed E-state index contributed by atoms with van der Waals surface area (Å²) in [6.45, 7) is 2.60. The molecule has 0 atom stereocenters. The molecule has 0 aliphatic carbocycles. The minimum atomic E-state index is -3.27. The van der Waals surface area contributed by atoms with Crippen LogP contribution in [0.3, 0.4) is 0 Å². The fourth-order valence-electron chi connectivity index (χ4n) is 3.65. The van der Waals surface area contributed by atoms with E-state index >= 15 is 0 Å². The van der Waals surface area contributed by atoms with Crippen molar-refractivity contribution in [3.8, 4) is 11.5 Å². The van der Waals surface area contributed by atoms with Crippen molar-refractivity contribution in [3.63, 3.8) is 0 Å². The quantitative estimate of drug-likeness (QED) is 0.602. The second-order valence-electron chi connectivity index (χ2n) is 7.34. The fourth-order valence-corrected chi connectivity index (χ4v) is 5.57. The molecule has 2 aliphatic heterocycles. The Kier molecular flexibility index (Phi) is 6.04. The zero-order valence-electron chi connectivity index (χ0n) is 17.2. The van der Waals surface area contributed by atoms with E-state index in [-0.39, 0.29) is 31.8 Å². The molecule has 1 aromatic heterocycles. The summed E-state index contributed by atoms with van der Waals surface area (Å²) in [7, 11) is -3.27. The molecule has 4 rings (SSSR count). The maximum absolute atomic E-state index is 12.9. The van der Waals surface area contributed by atoms with Gasteiger partial charge in [0.25, 0.3) is 5.91 Å². The molecule has 31 heavy (non-hydrogen) atoms. The van der Waals surface area contributed by atoms with E-state index < -0.39 is 16.0 Å². The number of rotatable bonds is 5. The van der Waals surface area contributed by atoms with Gasteiger partial charge in [0.05, 0.1) is 23.1 Å². The van der Waals surface area contributed by atoms with E-state index in [1.165, 1.54) is 21.9 Å². The summed E-state index contributed by atoms with van der Waals surface area (Å²) < 4.78 is 43.1. The van der Waals surface area contributed by atoms with Gasteiger partial charge in [-0.1, -0.05) is 11.3 Å². The lowest BCUT2D eigenvalue weighted by Gasteiger charge is -2.28. The minimum Gasteiger partial charge on any atom is -0.465 e. The van der Waals surface area contributed by atoms with Crippen molar-refractivity contribution >= 4 is 43.5 Å². The highest BCUT2D eigenvalue weighted by atomic mass is 32.2. The number of hydrogen-bond acceptors (Lipinski definition) is 8. The Balaban J connectivity index is 1.66. The average Bonchev–Trinajstić information content (AvgIpc) is 3.30. The Morgan fingerprint density at radius 1 is 1.23 bits per heavy atom. The van der Waals surface area contributed by atoms with Crippen LogP contribution >= 0.6 is 11.3 Å². The maximum Gasteiger partial charge on any atom is 0.326 e. The van der Waals surface area contributed by atoms with Gasteiger partial charge in [-0.15, -0.1) is 0 Å². The van der Waals surface area contributed by atoms with Crippen LogP contribution in [0.15, 0.2) is 17.1 Å². The minimum absolute atomic E-state index is 0.0912. The molecule has 10 nitrogen and oxygen atoms in total. The first kappa shape index (κ1) is 21.8. The van der Waals surface area contributed by atoms with Crippen molar-refractivity contribution in [1.82, 2.24) is 8.87 Å². The summed E-state index contributed by atoms with van der Waals surface area (Å²) in [6.07, 6.45) is 1.99. The topological polar surface area (TPSA) is 116 Å². The van der Waals surface area contributed by atoms with Crippen LogP contribution in [0.2, 0.25) is 0 Å². The van der Waals surface area contributed by atoms with E-state index in [9.17, 15) is 18.0 Å². The van der Waals surface area contributed by atoms with E-state index in [4.69, 9.17) is 14.2 Å². The highest BCUT2D eigenvalue weighted by molar-refractivity contribution is 7.88. The van der Waals surface area contributed by atoms with Crippen molar-refractivity contribution in [2.24, 2.45) is 10.9 Å². The van der Waals surface area contributed by atoms with Gasteiger partial charge >= 0.3 is 5.97 Å². The molecule has 0 unspecified atom stereocenters. The zero-order valence-corrected chi connectivity index (χ0v) is 18.8. The number of sulfonamides is 1. The molecule has 0 radical (unpaired) electrons. The number of esters is 1. The molecule has 1 amide bonds. The molecule has 0 bridgehead atoms. The van der Waals surface area contributed by atoms with Gasteiger partial charge in [0, 0.05) is 31.1 Å². The van der Waals surface area contributed by atoms with Crippen LogP contribution in [-0.2, 0) is 30.9 Å².